The fourth-order valence-electron chi connectivity index (χ4n) is 7.44. The van der Waals surface area contributed by atoms with Gasteiger partial charge in [-0.3, -0.25) is 0 Å². The predicted octanol–water partition coefficient (Wildman–Crippen LogP) is 4.99. The van der Waals surface area contributed by atoms with Gasteiger partial charge in [-0.05, 0) is 52.8 Å². The van der Waals surface area contributed by atoms with Gasteiger partial charge in [-0.15, -0.1) is 0 Å². The quantitative estimate of drug-likeness (QED) is 0.736. The van der Waals surface area contributed by atoms with Gasteiger partial charge >= 0.3 is 0 Å². The fraction of sp³-hybridized carbons (Fsp3) is 0.481. The molecule has 0 bridgehead atoms. The van der Waals surface area contributed by atoms with Crippen molar-refractivity contribution in [2.75, 3.05) is 27.4 Å². The Hall–Kier alpha value is -2.10. The molecule has 0 saturated heterocycles. The summed E-state index contributed by atoms with van der Waals surface area (Å²) in [6, 6.07) is 11.9. The van der Waals surface area contributed by atoms with Gasteiger partial charge in [0.05, 0.1) is 13.2 Å². The Labute approximate surface area is 179 Å². The maximum Gasteiger partial charge on any atom is 0.0679 e. The van der Waals surface area contributed by atoms with Crippen molar-refractivity contribution in [2.24, 2.45) is 5.92 Å². The van der Waals surface area contributed by atoms with Crippen LogP contribution in [0, 0.1) is 5.92 Å². The number of aliphatic hydroxyl groups excluding tert-OH is 1. The third kappa shape index (κ3) is 2.13. The number of rotatable bonds is 3. The fourth-order valence-corrected chi connectivity index (χ4v) is 7.44. The van der Waals surface area contributed by atoms with Crippen LogP contribution >= 0.6 is 0 Å². The maximum atomic E-state index is 10.2. The van der Waals surface area contributed by atoms with Gasteiger partial charge in [0.2, 0.25) is 0 Å². The molecule has 1 N–H and O–H groups in total. The Morgan fingerprint density at radius 2 is 1.97 bits per heavy atom. The third-order valence-electron chi connectivity index (χ3n) is 8.62. The van der Waals surface area contributed by atoms with Crippen molar-refractivity contribution >= 4 is 16.5 Å². The largest absolute Gasteiger partial charge is 0.396 e. The van der Waals surface area contributed by atoms with E-state index < -0.39 is 0 Å². The molecule has 6 rings (SSSR count). The lowest BCUT2D eigenvalue weighted by Crippen LogP contribution is -2.46. The van der Waals surface area contributed by atoms with Gasteiger partial charge in [-0.2, -0.15) is 0 Å². The van der Waals surface area contributed by atoms with E-state index in [0.29, 0.717) is 6.61 Å². The zero-order chi connectivity index (χ0) is 20.6. The summed E-state index contributed by atoms with van der Waals surface area (Å²) in [6.07, 6.45) is 7.42. The normalized spacial score (nSPS) is 28.5. The van der Waals surface area contributed by atoms with E-state index >= 15 is 0 Å². The zero-order valence-electron chi connectivity index (χ0n) is 18.2. The van der Waals surface area contributed by atoms with Gasteiger partial charge in [0.1, 0.15) is 0 Å². The average Bonchev–Trinajstić information content (AvgIpc) is 3.39. The number of hydrogen-bond donors (Lipinski definition) is 1. The Kier molecular flexibility index (Phi) is 4.01. The van der Waals surface area contributed by atoms with Crippen LogP contribution in [0.1, 0.15) is 55.2 Å². The van der Waals surface area contributed by atoms with E-state index in [1.807, 2.05) is 0 Å². The van der Waals surface area contributed by atoms with E-state index in [9.17, 15) is 5.11 Å². The number of fused-ring (bicyclic) bond motifs is 3. The van der Waals surface area contributed by atoms with Crippen LogP contribution in [0.15, 0.2) is 47.6 Å². The number of allylic oxidation sites excluding steroid dienone is 1. The van der Waals surface area contributed by atoms with Crippen LogP contribution in [0.25, 0.3) is 16.5 Å². The highest BCUT2D eigenvalue weighted by atomic mass is 16.5. The highest BCUT2D eigenvalue weighted by molar-refractivity contribution is 6.02. The third-order valence-corrected chi connectivity index (χ3v) is 8.62. The van der Waals surface area contributed by atoms with Crippen LogP contribution in [-0.2, 0) is 10.2 Å². The van der Waals surface area contributed by atoms with E-state index in [0.717, 1.165) is 0 Å². The van der Waals surface area contributed by atoms with Gasteiger partial charge in [0.25, 0.3) is 0 Å². The van der Waals surface area contributed by atoms with Crippen molar-refractivity contribution in [3.05, 3.63) is 64.2 Å². The zero-order valence-corrected chi connectivity index (χ0v) is 18.2. The van der Waals surface area contributed by atoms with Gasteiger partial charge in [0.15, 0.2) is 0 Å². The lowest BCUT2D eigenvalue weighted by atomic mass is 9.63. The molecule has 3 nitrogen and oxygen atoms in total. The summed E-state index contributed by atoms with van der Waals surface area (Å²) in [7, 11) is 4.04. The molecule has 1 aliphatic heterocycles. The molecule has 156 valence electrons. The molecule has 0 aromatic heterocycles. The second-order valence-electron chi connectivity index (χ2n) is 9.80. The van der Waals surface area contributed by atoms with Crippen molar-refractivity contribution < 1.29 is 9.84 Å². The molecular weight excluding hydrogens is 370 g/mol. The average molecular weight is 402 g/mol. The molecule has 1 spiro atoms. The summed E-state index contributed by atoms with van der Waals surface area (Å²) in [5.41, 5.74) is 8.91. The summed E-state index contributed by atoms with van der Waals surface area (Å²) >= 11 is 0. The Balaban J connectivity index is 1.70. The van der Waals surface area contributed by atoms with Gasteiger partial charge in [-0.25, -0.2) is 0 Å². The number of methoxy groups -OCH3 is 1. The summed E-state index contributed by atoms with van der Waals surface area (Å²) in [5.74, 6) is 0.430. The first kappa shape index (κ1) is 18.7. The number of hydrogen-bond acceptors (Lipinski definition) is 3. The lowest BCUT2D eigenvalue weighted by molar-refractivity contribution is 0.170. The first-order chi connectivity index (χ1) is 14.6. The van der Waals surface area contributed by atoms with Crippen molar-refractivity contribution in [3.63, 3.8) is 0 Å². The van der Waals surface area contributed by atoms with E-state index in [-0.39, 0.29) is 29.9 Å². The number of ether oxygens (including phenoxy) is 1. The standard InChI is InChI=1S/C27H31NO2/c1-16-25-24-20(22-19(15-30-3)13-18(14-29)26(22)28(25)2)10-9-17-7-6-8-21(23(17)24)27(16)11-4-5-12-27/h6-10,13,18,22,26,29H,4-5,11-12,14-15H2,1-3H3. The topological polar surface area (TPSA) is 32.7 Å². The molecule has 1 saturated carbocycles. The predicted molar refractivity (Wildman–Crippen MR) is 122 cm³/mol. The smallest absolute Gasteiger partial charge is 0.0679 e. The molecule has 3 heteroatoms. The lowest BCUT2D eigenvalue weighted by Gasteiger charge is -2.49. The Bertz CT molecular complexity index is 1110. The molecule has 2 aromatic carbocycles. The highest BCUT2D eigenvalue weighted by Crippen LogP contribution is 2.60. The first-order valence-electron chi connectivity index (χ1n) is 11.4. The molecule has 3 unspecified atom stereocenters. The Morgan fingerprint density at radius 3 is 2.70 bits per heavy atom. The van der Waals surface area contributed by atoms with Crippen molar-refractivity contribution in [2.45, 2.75) is 50.0 Å². The molecule has 3 atom stereocenters. The van der Waals surface area contributed by atoms with E-state index in [4.69, 9.17) is 4.74 Å². The van der Waals surface area contributed by atoms with Crippen molar-refractivity contribution in [3.8, 4) is 0 Å². The SMILES string of the molecule is COCC1=CC(CO)C2C1c1ccc3cccc4c3c1C(=C(C)C41CCCC1)N2C. The first-order valence-corrected chi connectivity index (χ1v) is 11.4. The van der Waals surface area contributed by atoms with Crippen LogP contribution in [0.3, 0.4) is 0 Å². The summed E-state index contributed by atoms with van der Waals surface area (Å²) in [4.78, 5) is 2.53. The monoisotopic (exact) mass is 401 g/mol. The maximum absolute atomic E-state index is 10.2. The second-order valence-corrected chi connectivity index (χ2v) is 9.80. The van der Waals surface area contributed by atoms with E-state index in [1.54, 1.807) is 18.2 Å². The number of nitrogens with zero attached hydrogens (tertiary/aromatic N) is 1. The molecular formula is C27H31NO2. The number of likely N-dealkylation sites (N-methyl/N-ethyl adjacent to an activating group) is 1. The number of aliphatic hydroxyl groups is 1. The minimum atomic E-state index is 0.144. The Morgan fingerprint density at radius 1 is 1.17 bits per heavy atom. The van der Waals surface area contributed by atoms with Crippen molar-refractivity contribution in [1.82, 2.24) is 4.90 Å². The second kappa shape index (κ2) is 6.45. The van der Waals surface area contributed by atoms with Gasteiger partial charge in [-0.1, -0.05) is 49.2 Å². The van der Waals surface area contributed by atoms with E-state index in [1.165, 1.54) is 58.9 Å². The molecule has 4 aliphatic rings. The summed E-state index contributed by atoms with van der Waals surface area (Å²) < 4.78 is 5.59. The summed E-state index contributed by atoms with van der Waals surface area (Å²) in [6.45, 7) is 3.21. The minimum Gasteiger partial charge on any atom is -0.396 e. The van der Waals surface area contributed by atoms with Gasteiger partial charge in [0, 0.05) is 48.7 Å². The number of benzene rings is 2. The molecule has 3 aliphatic carbocycles. The van der Waals surface area contributed by atoms with Crippen LogP contribution in [-0.4, -0.2) is 43.4 Å². The molecule has 30 heavy (non-hydrogen) atoms. The van der Waals surface area contributed by atoms with Crippen LogP contribution in [0.5, 0.6) is 0 Å². The van der Waals surface area contributed by atoms with Crippen LogP contribution in [0.2, 0.25) is 0 Å². The summed E-state index contributed by atoms with van der Waals surface area (Å²) in [5, 5.41) is 13.1. The molecule has 2 aromatic rings. The van der Waals surface area contributed by atoms with Gasteiger partial charge < -0.3 is 14.7 Å². The highest BCUT2D eigenvalue weighted by Gasteiger charge is 2.51. The van der Waals surface area contributed by atoms with Crippen LogP contribution < -0.4 is 0 Å². The minimum absolute atomic E-state index is 0.144. The van der Waals surface area contributed by atoms with E-state index in [2.05, 4.69) is 55.3 Å². The molecule has 1 heterocycles. The van der Waals surface area contributed by atoms with Crippen molar-refractivity contribution in [1.29, 1.82) is 0 Å². The molecule has 0 amide bonds. The molecule has 1 fully saturated rings. The van der Waals surface area contributed by atoms with Crippen LogP contribution in [0.4, 0.5) is 0 Å². The molecule has 0 radical (unpaired) electrons.